The summed E-state index contributed by atoms with van der Waals surface area (Å²) in [6, 6.07) is 18.9. The summed E-state index contributed by atoms with van der Waals surface area (Å²) in [5.41, 5.74) is 4.38. The van der Waals surface area contributed by atoms with E-state index < -0.39 is 6.09 Å². The van der Waals surface area contributed by atoms with Crippen LogP contribution in [0.3, 0.4) is 0 Å². The Bertz CT molecular complexity index is 1610. The number of ether oxygens (including phenoxy) is 4. The zero-order chi connectivity index (χ0) is 33.2. The molecular formula is C37H45N5O5. The molecule has 1 aromatic heterocycles. The summed E-state index contributed by atoms with van der Waals surface area (Å²) in [4.78, 5) is 27.0. The second-order valence-electron chi connectivity index (χ2n) is 11.9. The van der Waals surface area contributed by atoms with Gasteiger partial charge in [0.05, 0.1) is 27.4 Å². The summed E-state index contributed by atoms with van der Waals surface area (Å²) in [5.74, 6) is 3.20. The molecule has 47 heavy (non-hydrogen) atoms. The van der Waals surface area contributed by atoms with Gasteiger partial charge in [-0.15, -0.1) is 0 Å². The van der Waals surface area contributed by atoms with Crippen molar-refractivity contribution in [3.05, 3.63) is 89.1 Å². The third-order valence-electron chi connectivity index (χ3n) is 8.11. The van der Waals surface area contributed by atoms with Crippen LogP contribution in [-0.4, -0.2) is 61.4 Å². The van der Waals surface area contributed by atoms with E-state index in [4.69, 9.17) is 23.9 Å². The first-order valence-electron chi connectivity index (χ1n) is 16.2. The van der Waals surface area contributed by atoms with Gasteiger partial charge in [0, 0.05) is 30.6 Å². The molecule has 0 radical (unpaired) electrons. The Balaban J connectivity index is 1.34. The number of carbonyl (C=O) groups excluding carboxylic acids is 1. The van der Waals surface area contributed by atoms with Crippen molar-refractivity contribution in [1.82, 2.24) is 14.9 Å². The number of likely N-dealkylation sites (tertiary alicyclic amines) is 1. The van der Waals surface area contributed by atoms with Crippen LogP contribution in [0.25, 0.3) is 0 Å². The SMILES string of the molecule is COc1cc(CN(C(=O)Oc2c(C)cc(C)cc2C)c2ccnc(Nc3cccc(OCCCN4CCCCC4)c3)n2)cc(OC)c1. The van der Waals surface area contributed by atoms with Crippen LogP contribution in [0.15, 0.2) is 66.9 Å². The molecule has 1 saturated heterocycles. The lowest BCUT2D eigenvalue weighted by Gasteiger charge is -2.26. The second kappa shape index (κ2) is 16.1. The predicted molar refractivity (Wildman–Crippen MR) is 185 cm³/mol. The van der Waals surface area contributed by atoms with E-state index in [1.54, 1.807) is 32.5 Å². The third kappa shape index (κ3) is 9.36. The Hall–Kier alpha value is -4.83. The summed E-state index contributed by atoms with van der Waals surface area (Å²) in [5, 5.41) is 3.27. The average Bonchev–Trinajstić information content (AvgIpc) is 3.07. The molecule has 0 saturated carbocycles. The minimum Gasteiger partial charge on any atom is -0.497 e. The van der Waals surface area contributed by atoms with Gasteiger partial charge in [-0.05, 0) is 100 Å². The minimum absolute atomic E-state index is 0.146. The molecule has 0 bridgehead atoms. The van der Waals surface area contributed by atoms with Gasteiger partial charge < -0.3 is 29.2 Å². The molecule has 0 aliphatic carbocycles. The highest BCUT2D eigenvalue weighted by Crippen LogP contribution is 2.29. The van der Waals surface area contributed by atoms with Crippen molar-refractivity contribution in [2.24, 2.45) is 0 Å². The Morgan fingerprint density at radius 2 is 1.62 bits per heavy atom. The fourth-order valence-corrected chi connectivity index (χ4v) is 5.86. The lowest BCUT2D eigenvalue weighted by molar-refractivity contribution is 0.205. The number of rotatable bonds is 13. The van der Waals surface area contributed by atoms with E-state index in [2.05, 4.69) is 15.2 Å². The van der Waals surface area contributed by atoms with Crippen molar-refractivity contribution in [2.45, 2.75) is 53.0 Å². The molecule has 1 aliphatic heterocycles. The fraction of sp³-hybridized carbons (Fsp3) is 0.378. The summed E-state index contributed by atoms with van der Waals surface area (Å²) in [6.07, 6.45) is 5.94. The highest BCUT2D eigenvalue weighted by atomic mass is 16.6. The largest absolute Gasteiger partial charge is 0.497 e. The Kier molecular flexibility index (Phi) is 11.5. The van der Waals surface area contributed by atoms with Gasteiger partial charge in [-0.25, -0.2) is 9.78 Å². The molecule has 4 aromatic rings. The number of hydrogen-bond acceptors (Lipinski definition) is 9. The van der Waals surface area contributed by atoms with Crippen molar-refractivity contribution >= 4 is 23.5 Å². The van der Waals surface area contributed by atoms with Crippen LogP contribution in [0, 0.1) is 20.8 Å². The van der Waals surface area contributed by atoms with Crippen LogP contribution in [0.2, 0.25) is 0 Å². The van der Waals surface area contributed by atoms with Gasteiger partial charge in [-0.1, -0.05) is 30.2 Å². The quantitative estimate of drug-likeness (QED) is 0.148. The fourth-order valence-electron chi connectivity index (χ4n) is 5.86. The normalized spacial score (nSPS) is 13.1. The van der Waals surface area contributed by atoms with Gasteiger partial charge in [0.25, 0.3) is 0 Å². The van der Waals surface area contributed by atoms with E-state index in [0.717, 1.165) is 46.7 Å². The molecule has 1 N–H and O–H groups in total. The van der Waals surface area contributed by atoms with Crippen LogP contribution in [0.1, 0.15) is 47.9 Å². The molecule has 0 unspecified atom stereocenters. The first-order chi connectivity index (χ1) is 22.8. The van der Waals surface area contributed by atoms with Crippen LogP contribution in [0.4, 0.5) is 22.2 Å². The van der Waals surface area contributed by atoms with E-state index >= 15 is 0 Å². The number of aromatic nitrogens is 2. The molecule has 10 heteroatoms. The number of benzene rings is 3. The van der Waals surface area contributed by atoms with E-state index in [1.165, 1.54) is 37.3 Å². The number of piperidine rings is 1. The van der Waals surface area contributed by atoms with Crippen LogP contribution in [0.5, 0.6) is 23.0 Å². The molecule has 5 rings (SSSR count). The van der Waals surface area contributed by atoms with Gasteiger partial charge in [-0.3, -0.25) is 4.90 Å². The maximum atomic E-state index is 13.9. The Morgan fingerprint density at radius 1 is 0.894 bits per heavy atom. The summed E-state index contributed by atoms with van der Waals surface area (Å²) in [6.45, 7) is 10.1. The Morgan fingerprint density at radius 3 is 2.32 bits per heavy atom. The maximum Gasteiger partial charge on any atom is 0.421 e. The van der Waals surface area contributed by atoms with Crippen molar-refractivity contribution in [2.75, 3.05) is 50.7 Å². The number of nitrogens with zero attached hydrogens (tertiary/aromatic N) is 4. The number of carbonyl (C=O) groups is 1. The van der Waals surface area contributed by atoms with Crippen molar-refractivity contribution in [3.8, 4) is 23.0 Å². The van der Waals surface area contributed by atoms with Gasteiger partial charge in [0.2, 0.25) is 5.95 Å². The topological polar surface area (TPSA) is 98.3 Å². The zero-order valence-electron chi connectivity index (χ0n) is 28.0. The second-order valence-corrected chi connectivity index (χ2v) is 11.9. The number of methoxy groups -OCH3 is 2. The monoisotopic (exact) mass is 639 g/mol. The standard InChI is InChI=1S/C37H45N5O5/c1-26-19-27(2)35(28(3)20-26)47-37(43)42(25-29-21-32(44-4)24-33(22-29)45-5)34-13-14-38-36(40-34)39-30-11-9-12-31(23-30)46-18-10-17-41-15-7-6-8-16-41/h9,11-14,19-24H,6-8,10,15-18,25H2,1-5H3,(H,38,39,40). The van der Waals surface area contributed by atoms with Crippen molar-refractivity contribution < 1.29 is 23.7 Å². The minimum atomic E-state index is -0.577. The van der Waals surface area contributed by atoms with Gasteiger partial charge >= 0.3 is 6.09 Å². The molecular weight excluding hydrogens is 594 g/mol. The lowest BCUT2D eigenvalue weighted by Crippen LogP contribution is -2.34. The van der Waals surface area contributed by atoms with E-state index in [-0.39, 0.29) is 6.54 Å². The Labute approximate surface area is 277 Å². The van der Waals surface area contributed by atoms with Gasteiger partial charge in [0.15, 0.2) is 0 Å². The molecule has 0 atom stereocenters. The van der Waals surface area contributed by atoms with E-state index in [0.29, 0.717) is 35.6 Å². The highest BCUT2D eigenvalue weighted by molar-refractivity contribution is 5.88. The number of nitrogens with one attached hydrogen (secondary N) is 1. The predicted octanol–water partition coefficient (Wildman–Crippen LogP) is 7.62. The molecule has 248 valence electrons. The van der Waals surface area contributed by atoms with Crippen molar-refractivity contribution in [3.63, 3.8) is 0 Å². The zero-order valence-corrected chi connectivity index (χ0v) is 28.0. The molecule has 1 amide bonds. The van der Waals surface area contributed by atoms with Crippen LogP contribution in [-0.2, 0) is 6.54 Å². The lowest BCUT2D eigenvalue weighted by atomic mass is 10.1. The van der Waals surface area contributed by atoms with Gasteiger partial charge in [0.1, 0.15) is 28.8 Å². The maximum absolute atomic E-state index is 13.9. The van der Waals surface area contributed by atoms with E-state index in [1.807, 2.05) is 69.3 Å². The van der Waals surface area contributed by atoms with Crippen LogP contribution < -0.4 is 29.2 Å². The molecule has 1 fully saturated rings. The first kappa shape index (κ1) is 33.5. The number of aryl methyl sites for hydroxylation is 3. The van der Waals surface area contributed by atoms with Gasteiger partial charge in [-0.2, -0.15) is 4.98 Å². The summed E-state index contributed by atoms with van der Waals surface area (Å²) >= 11 is 0. The molecule has 10 nitrogen and oxygen atoms in total. The molecule has 1 aliphatic rings. The average molecular weight is 640 g/mol. The number of anilines is 3. The summed E-state index contributed by atoms with van der Waals surface area (Å²) < 4.78 is 23.0. The van der Waals surface area contributed by atoms with Crippen molar-refractivity contribution in [1.29, 1.82) is 0 Å². The number of amides is 1. The molecule has 0 spiro atoms. The van der Waals surface area contributed by atoms with E-state index in [9.17, 15) is 4.79 Å². The smallest absolute Gasteiger partial charge is 0.421 e. The summed E-state index contributed by atoms with van der Waals surface area (Å²) in [7, 11) is 3.18. The highest BCUT2D eigenvalue weighted by Gasteiger charge is 2.23. The first-order valence-corrected chi connectivity index (χ1v) is 16.2. The molecule has 2 heterocycles. The van der Waals surface area contributed by atoms with Crippen LogP contribution >= 0.6 is 0 Å². The third-order valence-corrected chi connectivity index (χ3v) is 8.11. The molecule has 3 aromatic carbocycles. The number of hydrogen-bond donors (Lipinski definition) is 1.